The van der Waals surface area contributed by atoms with Gasteiger partial charge in [0, 0.05) is 18.0 Å². The number of rotatable bonds is 3. The number of hydrogen-bond acceptors (Lipinski definition) is 2. The highest BCUT2D eigenvalue weighted by Gasteiger charge is 2.45. The Balaban J connectivity index is 1.82. The van der Waals surface area contributed by atoms with Crippen molar-refractivity contribution in [3.05, 3.63) is 65.7 Å². The molecule has 1 aliphatic rings. The molecule has 0 radical (unpaired) electrons. The molecule has 1 heterocycles. The molecule has 1 aliphatic carbocycles. The second-order valence-corrected chi connectivity index (χ2v) is 4.78. The van der Waals surface area contributed by atoms with E-state index in [1.807, 2.05) is 6.07 Å². The molecule has 1 amide bonds. The van der Waals surface area contributed by atoms with E-state index in [1.54, 1.807) is 30.6 Å². The summed E-state index contributed by atoms with van der Waals surface area (Å²) < 4.78 is 13.3. The maximum absolute atomic E-state index is 13.3. The maximum atomic E-state index is 13.3. The first-order valence-electron chi connectivity index (χ1n) is 6.18. The smallest absolute Gasteiger partial charge is 0.252 e. The van der Waals surface area contributed by atoms with Gasteiger partial charge in [0.1, 0.15) is 5.82 Å². The Morgan fingerprint density at radius 2 is 1.95 bits per heavy atom. The van der Waals surface area contributed by atoms with Gasteiger partial charge in [0.05, 0.1) is 5.54 Å². The topological polar surface area (TPSA) is 42.0 Å². The van der Waals surface area contributed by atoms with Crippen molar-refractivity contribution in [2.45, 2.75) is 18.4 Å². The first kappa shape index (κ1) is 11.8. The van der Waals surface area contributed by atoms with Gasteiger partial charge in [-0.25, -0.2) is 4.39 Å². The van der Waals surface area contributed by atoms with Crippen molar-refractivity contribution in [2.75, 3.05) is 0 Å². The van der Waals surface area contributed by atoms with Gasteiger partial charge in [-0.05, 0) is 42.7 Å². The van der Waals surface area contributed by atoms with Crippen molar-refractivity contribution in [2.24, 2.45) is 0 Å². The van der Waals surface area contributed by atoms with Crippen LogP contribution in [-0.2, 0) is 5.54 Å². The summed E-state index contributed by atoms with van der Waals surface area (Å²) in [7, 11) is 0. The van der Waals surface area contributed by atoms with Crippen LogP contribution in [0.1, 0.15) is 28.8 Å². The van der Waals surface area contributed by atoms with Crippen LogP contribution in [0.3, 0.4) is 0 Å². The monoisotopic (exact) mass is 256 g/mol. The summed E-state index contributed by atoms with van der Waals surface area (Å²) in [5.41, 5.74) is 0.996. The Hall–Kier alpha value is -2.23. The Morgan fingerprint density at radius 1 is 1.21 bits per heavy atom. The number of hydrogen-bond donors (Lipinski definition) is 1. The molecular formula is C15H13FN2O. The number of pyridine rings is 1. The molecule has 3 rings (SSSR count). The predicted octanol–water partition coefficient (Wildman–Crippen LogP) is 2.64. The number of carbonyl (C=O) groups excluding carboxylic acids is 1. The quantitative estimate of drug-likeness (QED) is 0.917. The van der Waals surface area contributed by atoms with Crippen LogP contribution in [0, 0.1) is 5.82 Å². The number of amides is 1. The molecular weight excluding hydrogens is 243 g/mol. The van der Waals surface area contributed by atoms with Gasteiger partial charge in [0.15, 0.2) is 0 Å². The second kappa shape index (κ2) is 4.46. The Morgan fingerprint density at radius 3 is 2.58 bits per heavy atom. The van der Waals surface area contributed by atoms with E-state index in [0.29, 0.717) is 5.56 Å². The first-order valence-corrected chi connectivity index (χ1v) is 6.18. The lowest BCUT2D eigenvalue weighted by molar-refractivity contribution is 0.0930. The average Bonchev–Trinajstić information content (AvgIpc) is 3.21. The summed E-state index contributed by atoms with van der Waals surface area (Å²) in [5.74, 6) is -0.425. The van der Waals surface area contributed by atoms with E-state index in [4.69, 9.17) is 0 Å². The maximum Gasteiger partial charge on any atom is 0.252 e. The second-order valence-electron chi connectivity index (χ2n) is 4.78. The summed E-state index contributed by atoms with van der Waals surface area (Å²) >= 11 is 0. The fraction of sp³-hybridized carbons (Fsp3) is 0.200. The van der Waals surface area contributed by atoms with Crippen molar-refractivity contribution in [3.63, 3.8) is 0 Å². The SMILES string of the molecule is O=C(NC1(c2cccc(F)c2)CC1)c1ccncc1. The summed E-state index contributed by atoms with van der Waals surface area (Å²) in [6, 6.07) is 9.74. The number of carbonyl (C=O) groups is 1. The largest absolute Gasteiger partial charge is 0.343 e. The fourth-order valence-electron chi connectivity index (χ4n) is 2.19. The average molecular weight is 256 g/mol. The lowest BCUT2D eigenvalue weighted by Gasteiger charge is -2.18. The van der Waals surface area contributed by atoms with E-state index in [0.717, 1.165) is 18.4 Å². The summed E-state index contributed by atoms with van der Waals surface area (Å²) in [4.78, 5) is 16.0. The third kappa shape index (κ3) is 2.34. The van der Waals surface area contributed by atoms with Gasteiger partial charge in [-0.3, -0.25) is 9.78 Å². The molecule has 0 atom stereocenters. The van der Waals surface area contributed by atoms with Crippen molar-refractivity contribution in [1.82, 2.24) is 10.3 Å². The molecule has 2 aromatic rings. The molecule has 19 heavy (non-hydrogen) atoms. The van der Waals surface area contributed by atoms with Crippen molar-refractivity contribution in [1.29, 1.82) is 0 Å². The first-order chi connectivity index (χ1) is 9.20. The highest BCUT2D eigenvalue weighted by Crippen LogP contribution is 2.45. The minimum absolute atomic E-state index is 0.149. The number of halogens is 1. The van der Waals surface area contributed by atoms with E-state index in [1.165, 1.54) is 12.1 Å². The molecule has 4 heteroatoms. The molecule has 3 nitrogen and oxygen atoms in total. The van der Waals surface area contributed by atoms with Crippen LogP contribution in [0.5, 0.6) is 0 Å². The molecule has 1 N–H and O–H groups in total. The highest BCUT2D eigenvalue weighted by atomic mass is 19.1. The third-order valence-electron chi connectivity index (χ3n) is 3.42. The molecule has 0 unspecified atom stereocenters. The predicted molar refractivity (Wildman–Crippen MR) is 69.0 cm³/mol. The Kier molecular flexibility index (Phi) is 2.78. The number of aromatic nitrogens is 1. The van der Waals surface area contributed by atoms with Crippen LogP contribution in [0.25, 0.3) is 0 Å². The zero-order valence-corrected chi connectivity index (χ0v) is 10.3. The molecule has 0 saturated heterocycles. The third-order valence-corrected chi connectivity index (χ3v) is 3.42. The Bertz CT molecular complexity index is 609. The normalized spacial score (nSPS) is 15.8. The van der Waals surface area contributed by atoms with Crippen molar-refractivity contribution in [3.8, 4) is 0 Å². The van der Waals surface area contributed by atoms with Crippen LogP contribution in [-0.4, -0.2) is 10.9 Å². The molecule has 1 saturated carbocycles. The minimum atomic E-state index is -0.400. The molecule has 1 aromatic heterocycles. The van der Waals surface area contributed by atoms with Crippen molar-refractivity contribution >= 4 is 5.91 Å². The van der Waals surface area contributed by atoms with Crippen LogP contribution in [0.4, 0.5) is 4.39 Å². The van der Waals surface area contributed by atoms with Gasteiger partial charge in [-0.15, -0.1) is 0 Å². The summed E-state index contributed by atoms with van der Waals surface area (Å²) in [5, 5.41) is 2.99. The molecule has 0 aliphatic heterocycles. The number of benzene rings is 1. The minimum Gasteiger partial charge on any atom is -0.343 e. The van der Waals surface area contributed by atoms with E-state index in [-0.39, 0.29) is 11.7 Å². The molecule has 0 bridgehead atoms. The number of nitrogens with one attached hydrogen (secondary N) is 1. The fourth-order valence-corrected chi connectivity index (χ4v) is 2.19. The van der Waals surface area contributed by atoms with Gasteiger partial charge >= 0.3 is 0 Å². The van der Waals surface area contributed by atoms with Gasteiger partial charge in [-0.2, -0.15) is 0 Å². The lowest BCUT2D eigenvalue weighted by Crippen LogP contribution is -2.34. The van der Waals surface area contributed by atoms with E-state index in [2.05, 4.69) is 10.3 Å². The van der Waals surface area contributed by atoms with Crippen LogP contribution >= 0.6 is 0 Å². The zero-order chi connectivity index (χ0) is 13.3. The highest BCUT2D eigenvalue weighted by molar-refractivity contribution is 5.94. The van der Waals surface area contributed by atoms with E-state index < -0.39 is 5.54 Å². The Labute approximate surface area is 110 Å². The van der Waals surface area contributed by atoms with Gasteiger partial charge in [0.25, 0.3) is 5.91 Å². The van der Waals surface area contributed by atoms with E-state index in [9.17, 15) is 9.18 Å². The molecule has 1 aromatic carbocycles. The van der Waals surface area contributed by atoms with Crippen LogP contribution in [0.2, 0.25) is 0 Å². The molecule has 0 spiro atoms. The standard InChI is InChI=1S/C15H13FN2O/c16-13-3-1-2-12(10-13)15(6-7-15)18-14(19)11-4-8-17-9-5-11/h1-5,8-10H,6-7H2,(H,18,19). The van der Waals surface area contributed by atoms with Gasteiger partial charge < -0.3 is 5.32 Å². The summed E-state index contributed by atoms with van der Waals surface area (Å²) in [6.07, 6.45) is 4.84. The lowest BCUT2D eigenvalue weighted by atomic mass is 10.0. The van der Waals surface area contributed by atoms with Gasteiger partial charge in [0.2, 0.25) is 0 Å². The van der Waals surface area contributed by atoms with Crippen LogP contribution in [0.15, 0.2) is 48.8 Å². The summed E-state index contributed by atoms with van der Waals surface area (Å²) in [6.45, 7) is 0. The van der Waals surface area contributed by atoms with Crippen molar-refractivity contribution < 1.29 is 9.18 Å². The molecule has 96 valence electrons. The van der Waals surface area contributed by atoms with E-state index >= 15 is 0 Å². The van der Waals surface area contributed by atoms with Crippen LogP contribution < -0.4 is 5.32 Å². The molecule has 1 fully saturated rings. The number of nitrogens with zero attached hydrogens (tertiary/aromatic N) is 1. The zero-order valence-electron chi connectivity index (χ0n) is 10.3. The van der Waals surface area contributed by atoms with Gasteiger partial charge in [-0.1, -0.05) is 12.1 Å².